The monoisotopic (exact) mass is 376 g/mol. The van der Waals surface area contributed by atoms with Gasteiger partial charge in [-0.05, 0) is 41.1 Å². The van der Waals surface area contributed by atoms with Gasteiger partial charge in [-0.25, -0.2) is 18.2 Å². The van der Waals surface area contributed by atoms with Crippen molar-refractivity contribution in [2.45, 2.75) is 11.8 Å². The number of anilines is 1. The Morgan fingerprint density at radius 1 is 1.50 bits per heavy atom. The number of halogens is 1. The molecule has 20 heavy (non-hydrogen) atoms. The summed E-state index contributed by atoms with van der Waals surface area (Å²) in [7, 11) is -3.85. The number of nitrogens with zero attached hydrogens (tertiary/aromatic N) is 1. The third-order valence-electron chi connectivity index (χ3n) is 2.38. The van der Waals surface area contributed by atoms with Gasteiger partial charge >= 0.3 is 5.97 Å². The summed E-state index contributed by atoms with van der Waals surface area (Å²) in [5, 5.41) is 8.90. The highest BCUT2D eigenvalue weighted by atomic mass is 79.9. The molecule has 0 atom stereocenters. The first kappa shape index (κ1) is 14.9. The van der Waals surface area contributed by atoms with Crippen LogP contribution in [0.1, 0.15) is 14.5 Å². The Morgan fingerprint density at radius 2 is 2.20 bits per heavy atom. The van der Waals surface area contributed by atoms with Crippen LogP contribution in [0.4, 0.5) is 5.69 Å². The summed E-state index contributed by atoms with van der Waals surface area (Å²) in [6, 6.07) is 4.29. The first-order valence-corrected chi connectivity index (χ1v) is 8.37. The average Bonchev–Trinajstić information content (AvgIpc) is 2.75. The van der Waals surface area contributed by atoms with Gasteiger partial charge in [0.15, 0.2) is 0 Å². The molecule has 2 aromatic heterocycles. The van der Waals surface area contributed by atoms with Crippen molar-refractivity contribution in [2.75, 3.05) is 4.72 Å². The molecule has 6 nitrogen and oxygen atoms in total. The molecule has 0 amide bonds. The molecule has 0 aliphatic heterocycles. The summed E-state index contributed by atoms with van der Waals surface area (Å²) in [6.07, 6.45) is 1.51. The first-order valence-electron chi connectivity index (χ1n) is 5.28. The van der Waals surface area contributed by atoms with E-state index < -0.39 is 16.0 Å². The Bertz CT molecular complexity index is 770. The fraction of sp³-hybridized carbons (Fsp3) is 0.0909. The summed E-state index contributed by atoms with van der Waals surface area (Å²) < 4.78 is 27.3. The predicted octanol–water partition coefficient (Wildman–Crippen LogP) is 2.71. The summed E-state index contributed by atoms with van der Waals surface area (Å²) in [4.78, 5) is 15.1. The quantitative estimate of drug-likeness (QED) is 0.799. The van der Waals surface area contributed by atoms with Gasteiger partial charge in [-0.2, -0.15) is 0 Å². The van der Waals surface area contributed by atoms with E-state index >= 15 is 0 Å². The number of nitrogens with one attached hydrogen (secondary N) is 1. The number of carboxylic acid groups (broad SMARTS) is 1. The molecule has 0 fully saturated rings. The lowest BCUT2D eigenvalue weighted by Crippen LogP contribution is -2.13. The van der Waals surface area contributed by atoms with E-state index in [0.29, 0.717) is 9.48 Å². The van der Waals surface area contributed by atoms with Crippen LogP contribution >= 0.6 is 27.3 Å². The lowest BCUT2D eigenvalue weighted by Gasteiger charge is -2.08. The molecule has 0 bridgehead atoms. The molecule has 2 rings (SSSR count). The van der Waals surface area contributed by atoms with Crippen LogP contribution in [0.25, 0.3) is 0 Å². The highest BCUT2D eigenvalue weighted by Crippen LogP contribution is 2.28. The Kier molecular flexibility index (Phi) is 4.11. The lowest BCUT2D eigenvalue weighted by atomic mass is 10.4. The number of aromatic nitrogens is 1. The second-order valence-corrected chi connectivity index (χ2v) is 7.44. The van der Waals surface area contributed by atoms with E-state index in [2.05, 4.69) is 25.6 Å². The van der Waals surface area contributed by atoms with Crippen molar-refractivity contribution in [2.24, 2.45) is 0 Å². The van der Waals surface area contributed by atoms with E-state index in [4.69, 9.17) is 5.11 Å². The minimum atomic E-state index is -3.85. The van der Waals surface area contributed by atoms with E-state index in [1.54, 1.807) is 19.1 Å². The molecule has 0 spiro atoms. The van der Waals surface area contributed by atoms with Crippen LogP contribution in [0.5, 0.6) is 0 Å². The van der Waals surface area contributed by atoms with Crippen LogP contribution in [0, 0.1) is 6.92 Å². The number of thiophene rings is 1. The van der Waals surface area contributed by atoms with Gasteiger partial charge in [0.1, 0.15) is 14.4 Å². The van der Waals surface area contributed by atoms with Crippen molar-refractivity contribution in [3.05, 3.63) is 38.8 Å². The zero-order valence-electron chi connectivity index (χ0n) is 10.1. The fourth-order valence-electron chi connectivity index (χ4n) is 1.50. The Hall–Kier alpha value is -1.45. The number of hydrogen-bond donors (Lipinski definition) is 2. The standard InChI is InChI=1S/C11H9BrN2O4S2/c1-6-9(5-8(19-6)11(15)16)20(17,18)14-7-3-2-4-13-10(7)12/h2-5,14H,1H3,(H,15,16). The van der Waals surface area contributed by atoms with Gasteiger partial charge in [-0.1, -0.05) is 0 Å². The average molecular weight is 377 g/mol. The number of carbonyl (C=O) groups is 1. The minimum absolute atomic E-state index is 0.0203. The van der Waals surface area contributed by atoms with Gasteiger partial charge in [-0.15, -0.1) is 11.3 Å². The minimum Gasteiger partial charge on any atom is -0.477 e. The van der Waals surface area contributed by atoms with Crippen LogP contribution in [0.15, 0.2) is 33.9 Å². The Morgan fingerprint density at radius 3 is 2.75 bits per heavy atom. The number of carboxylic acids is 1. The third kappa shape index (κ3) is 3.00. The van der Waals surface area contributed by atoms with Crippen LogP contribution in [-0.2, 0) is 10.0 Å². The molecular formula is C11H9BrN2O4S2. The fourth-order valence-corrected chi connectivity index (χ4v) is 4.48. The predicted molar refractivity (Wildman–Crippen MR) is 78.8 cm³/mol. The number of sulfonamides is 1. The van der Waals surface area contributed by atoms with E-state index in [1.165, 1.54) is 6.20 Å². The molecule has 0 saturated carbocycles. The second kappa shape index (κ2) is 5.51. The van der Waals surface area contributed by atoms with Gasteiger partial charge in [0.2, 0.25) is 0 Å². The third-order valence-corrected chi connectivity index (χ3v) is 5.67. The summed E-state index contributed by atoms with van der Waals surface area (Å²) >= 11 is 4.06. The Labute approximate surface area is 127 Å². The van der Waals surface area contributed by atoms with E-state index in [1.807, 2.05) is 0 Å². The van der Waals surface area contributed by atoms with Gasteiger partial charge in [0.05, 0.1) is 5.69 Å². The van der Waals surface area contributed by atoms with Gasteiger partial charge in [0, 0.05) is 11.1 Å². The van der Waals surface area contributed by atoms with E-state index in [9.17, 15) is 13.2 Å². The van der Waals surface area contributed by atoms with Crippen molar-refractivity contribution in [1.82, 2.24) is 4.98 Å². The molecule has 0 aromatic carbocycles. The molecule has 0 aliphatic carbocycles. The van der Waals surface area contributed by atoms with Crippen LogP contribution < -0.4 is 4.72 Å². The molecule has 0 saturated heterocycles. The number of aryl methyl sites for hydroxylation is 1. The summed E-state index contributed by atoms with van der Waals surface area (Å²) in [6.45, 7) is 1.56. The van der Waals surface area contributed by atoms with Gasteiger partial charge < -0.3 is 5.11 Å². The molecular weight excluding hydrogens is 368 g/mol. The van der Waals surface area contributed by atoms with Crippen molar-refractivity contribution in [3.8, 4) is 0 Å². The molecule has 2 N–H and O–H groups in total. The maximum absolute atomic E-state index is 12.3. The second-order valence-electron chi connectivity index (χ2n) is 3.78. The Balaban J connectivity index is 2.41. The largest absolute Gasteiger partial charge is 0.477 e. The number of hydrogen-bond acceptors (Lipinski definition) is 5. The number of pyridine rings is 1. The van der Waals surface area contributed by atoms with Crippen molar-refractivity contribution in [1.29, 1.82) is 0 Å². The molecule has 0 unspecified atom stereocenters. The first-order chi connectivity index (χ1) is 9.31. The van der Waals surface area contributed by atoms with Gasteiger partial charge in [-0.3, -0.25) is 4.72 Å². The zero-order valence-corrected chi connectivity index (χ0v) is 13.3. The van der Waals surface area contributed by atoms with Crippen molar-refractivity contribution in [3.63, 3.8) is 0 Å². The molecule has 9 heteroatoms. The van der Waals surface area contributed by atoms with Crippen LogP contribution in [0.2, 0.25) is 0 Å². The molecule has 106 valence electrons. The van der Waals surface area contributed by atoms with E-state index in [0.717, 1.165) is 17.4 Å². The highest BCUT2D eigenvalue weighted by molar-refractivity contribution is 9.10. The molecule has 2 aromatic rings. The van der Waals surface area contributed by atoms with Crippen molar-refractivity contribution >= 4 is 48.9 Å². The number of aromatic carboxylic acids is 1. The smallest absolute Gasteiger partial charge is 0.345 e. The molecule has 2 heterocycles. The maximum Gasteiger partial charge on any atom is 0.345 e. The van der Waals surface area contributed by atoms with Crippen LogP contribution in [-0.4, -0.2) is 24.5 Å². The summed E-state index contributed by atoms with van der Waals surface area (Å²) in [5.41, 5.74) is 0.287. The lowest BCUT2D eigenvalue weighted by molar-refractivity contribution is 0.0702. The number of rotatable bonds is 4. The maximum atomic E-state index is 12.3. The highest BCUT2D eigenvalue weighted by Gasteiger charge is 2.23. The van der Waals surface area contributed by atoms with E-state index in [-0.39, 0.29) is 15.5 Å². The normalized spacial score (nSPS) is 11.3. The SMILES string of the molecule is Cc1sc(C(=O)O)cc1S(=O)(=O)Nc1cccnc1Br. The van der Waals surface area contributed by atoms with Crippen LogP contribution in [0.3, 0.4) is 0 Å². The zero-order chi connectivity index (χ0) is 14.9. The molecule has 0 aliphatic rings. The van der Waals surface area contributed by atoms with Gasteiger partial charge in [0.25, 0.3) is 10.0 Å². The topological polar surface area (TPSA) is 96.4 Å². The molecule has 0 radical (unpaired) electrons. The summed E-state index contributed by atoms with van der Waals surface area (Å²) in [5.74, 6) is -1.15. The van der Waals surface area contributed by atoms with Crippen molar-refractivity contribution < 1.29 is 18.3 Å².